The lowest BCUT2D eigenvalue weighted by Gasteiger charge is -2.26. The number of rotatable bonds is 3. The number of aromatic nitrogens is 1. The molecular weight excluding hydrogens is 200 g/mol. The van der Waals surface area contributed by atoms with Gasteiger partial charge in [-0.15, -0.1) is 11.8 Å². The smallest absolute Gasteiger partial charge is 0.126 e. The molecule has 1 aliphatic rings. The molecule has 2 rings (SSSR count). The molecule has 1 saturated heterocycles. The van der Waals surface area contributed by atoms with Crippen molar-refractivity contribution in [3.63, 3.8) is 0 Å². The summed E-state index contributed by atoms with van der Waals surface area (Å²) in [4.78, 5) is 5.55. The lowest BCUT2D eigenvalue weighted by molar-refractivity contribution is 0.872. The number of hydrogen-bond donors (Lipinski definition) is 1. The monoisotopic (exact) mass is 212 g/mol. The summed E-state index contributed by atoms with van der Waals surface area (Å²) in [5.74, 6) is 3.43. The molecule has 2 heterocycles. The van der Waals surface area contributed by atoms with E-state index in [0.717, 1.165) is 5.82 Å². The number of nitrogens with zero attached hydrogens (tertiary/aromatic N) is 1. The molecule has 0 spiro atoms. The highest BCUT2D eigenvalue weighted by Crippen LogP contribution is 2.22. The number of hydrogen-bond acceptors (Lipinski definition) is 4. The van der Waals surface area contributed by atoms with E-state index in [2.05, 4.69) is 28.7 Å². The fourth-order valence-corrected chi connectivity index (χ4v) is 2.11. The van der Waals surface area contributed by atoms with Gasteiger partial charge in [-0.05, 0) is 18.4 Å². The van der Waals surface area contributed by atoms with Crippen molar-refractivity contribution < 1.29 is 0 Å². The van der Waals surface area contributed by atoms with Crippen LogP contribution in [0.4, 0.5) is 5.82 Å². The Morgan fingerprint density at radius 2 is 2.38 bits per heavy atom. The van der Waals surface area contributed by atoms with E-state index in [-0.39, 0.29) is 0 Å². The van der Waals surface area contributed by atoms with Crippen LogP contribution in [0.1, 0.15) is 0 Å². The normalized spacial score (nSPS) is 16.7. The van der Waals surface area contributed by atoms with Crippen molar-refractivity contribution in [1.29, 1.82) is 0 Å². The third kappa shape index (κ3) is 2.31. The average molecular weight is 212 g/mol. The largest absolute Gasteiger partial charge is 0.366 e. The van der Waals surface area contributed by atoms with Gasteiger partial charge in [-0.3, -0.25) is 0 Å². The van der Waals surface area contributed by atoms with Crippen LogP contribution in [0.5, 0.6) is 0 Å². The minimum atomic E-state index is 0.637. The molecule has 1 aliphatic heterocycles. The van der Waals surface area contributed by atoms with Crippen LogP contribution in [-0.2, 0) is 0 Å². The van der Waals surface area contributed by atoms with E-state index in [0.29, 0.717) is 6.04 Å². The zero-order chi connectivity index (χ0) is 9.10. The Morgan fingerprint density at radius 1 is 1.54 bits per heavy atom. The second-order valence-corrected chi connectivity index (χ2v) is 4.92. The highest BCUT2D eigenvalue weighted by molar-refractivity contribution is 8.00. The van der Waals surface area contributed by atoms with Crippen LogP contribution in [0.3, 0.4) is 0 Å². The van der Waals surface area contributed by atoms with Crippen LogP contribution < -0.4 is 5.32 Å². The summed E-state index contributed by atoms with van der Waals surface area (Å²) in [5.41, 5.74) is 0. The van der Waals surface area contributed by atoms with Crippen LogP contribution in [0, 0.1) is 0 Å². The summed E-state index contributed by atoms with van der Waals surface area (Å²) in [6.07, 6.45) is 3.98. The van der Waals surface area contributed by atoms with Gasteiger partial charge >= 0.3 is 0 Å². The molecule has 1 aromatic rings. The second-order valence-electron chi connectivity index (χ2n) is 2.96. The van der Waals surface area contributed by atoms with Crippen molar-refractivity contribution in [2.45, 2.75) is 10.9 Å². The van der Waals surface area contributed by atoms with Gasteiger partial charge in [0.15, 0.2) is 0 Å². The molecule has 0 aliphatic carbocycles. The van der Waals surface area contributed by atoms with Crippen LogP contribution in [-0.4, -0.2) is 28.8 Å². The van der Waals surface area contributed by atoms with E-state index in [1.165, 1.54) is 16.4 Å². The van der Waals surface area contributed by atoms with Crippen molar-refractivity contribution in [1.82, 2.24) is 4.98 Å². The fraction of sp³-hybridized carbons (Fsp3) is 0.444. The zero-order valence-electron chi connectivity index (χ0n) is 7.49. The Kier molecular flexibility index (Phi) is 3.01. The molecule has 1 fully saturated rings. The van der Waals surface area contributed by atoms with Gasteiger partial charge in [-0.1, -0.05) is 0 Å². The molecule has 0 aromatic carbocycles. The summed E-state index contributed by atoms with van der Waals surface area (Å²) in [7, 11) is 0. The average Bonchev–Trinajstić information content (AvgIpc) is 2.12. The Labute approximate surface area is 86.9 Å². The van der Waals surface area contributed by atoms with Crippen LogP contribution in [0.15, 0.2) is 23.2 Å². The molecule has 0 unspecified atom stereocenters. The predicted octanol–water partition coefficient (Wildman–Crippen LogP) is 2.33. The quantitative estimate of drug-likeness (QED) is 0.777. The third-order valence-corrected chi connectivity index (χ3v) is 3.95. The van der Waals surface area contributed by atoms with Gasteiger partial charge in [0.05, 0.1) is 0 Å². The lowest BCUT2D eigenvalue weighted by Crippen LogP contribution is -2.33. The first-order valence-electron chi connectivity index (χ1n) is 4.23. The van der Waals surface area contributed by atoms with Crippen LogP contribution in [0.2, 0.25) is 0 Å². The van der Waals surface area contributed by atoms with Crippen LogP contribution >= 0.6 is 23.5 Å². The van der Waals surface area contributed by atoms with E-state index in [1.54, 1.807) is 11.8 Å². The molecule has 1 N–H and O–H groups in total. The number of anilines is 1. The maximum atomic E-state index is 4.33. The zero-order valence-corrected chi connectivity index (χ0v) is 9.12. The lowest BCUT2D eigenvalue weighted by atomic mass is 10.3. The van der Waals surface area contributed by atoms with Gasteiger partial charge < -0.3 is 5.32 Å². The Balaban J connectivity index is 1.96. The van der Waals surface area contributed by atoms with Gasteiger partial charge in [-0.2, -0.15) is 11.8 Å². The maximum Gasteiger partial charge on any atom is 0.126 e. The van der Waals surface area contributed by atoms with E-state index in [1.807, 2.05) is 18.0 Å². The standard InChI is InChI=1S/C9H12N2S2/c1-12-8-2-3-9(10-4-8)11-7-5-13-6-7/h2-4,7H,5-6H2,1H3,(H,10,11). The maximum absolute atomic E-state index is 4.33. The summed E-state index contributed by atoms with van der Waals surface area (Å²) >= 11 is 3.70. The molecule has 0 saturated carbocycles. The summed E-state index contributed by atoms with van der Waals surface area (Å²) in [5, 5.41) is 3.39. The molecule has 0 bridgehead atoms. The highest BCUT2D eigenvalue weighted by atomic mass is 32.2. The fourth-order valence-electron chi connectivity index (χ4n) is 1.11. The third-order valence-electron chi connectivity index (χ3n) is 1.96. The van der Waals surface area contributed by atoms with Crippen molar-refractivity contribution >= 4 is 29.3 Å². The van der Waals surface area contributed by atoms with Gasteiger partial charge in [0.2, 0.25) is 0 Å². The highest BCUT2D eigenvalue weighted by Gasteiger charge is 2.17. The summed E-state index contributed by atoms with van der Waals surface area (Å²) < 4.78 is 0. The van der Waals surface area contributed by atoms with E-state index >= 15 is 0 Å². The number of thioether (sulfide) groups is 2. The van der Waals surface area contributed by atoms with Gasteiger partial charge in [0.1, 0.15) is 5.82 Å². The molecule has 0 radical (unpaired) electrons. The molecule has 70 valence electrons. The van der Waals surface area contributed by atoms with Gasteiger partial charge in [-0.25, -0.2) is 4.98 Å². The SMILES string of the molecule is CSc1ccc(NC2CSC2)nc1. The Bertz CT molecular complexity index is 269. The van der Waals surface area contributed by atoms with Gasteiger partial charge in [0, 0.05) is 28.6 Å². The Hall–Kier alpha value is -0.350. The first-order valence-corrected chi connectivity index (χ1v) is 6.61. The molecule has 0 atom stereocenters. The topological polar surface area (TPSA) is 24.9 Å². The Morgan fingerprint density at radius 3 is 2.85 bits per heavy atom. The minimum absolute atomic E-state index is 0.637. The molecular formula is C9H12N2S2. The summed E-state index contributed by atoms with van der Waals surface area (Å²) in [6.45, 7) is 0. The van der Waals surface area contributed by atoms with Crippen molar-refractivity contribution in [2.24, 2.45) is 0 Å². The summed E-state index contributed by atoms with van der Waals surface area (Å²) in [6, 6.07) is 4.79. The van der Waals surface area contributed by atoms with Crippen molar-refractivity contribution in [3.8, 4) is 0 Å². The van der Waals surface area contributed by atoms with Crippen molar-refractivity contribution in [2.75, 3.05) is 23.1 Å². The molecule has 1 aromatic heterocycles. The predicted molar refractivity (Wildman–Crippen MR) is 60.8 cm³/mol. The van der Waals surface area contributed by atoms with Gasteiger partial charge in [0.25, 0.3) is 0 Å². The van der Waals surface area contributed by atoms with E-state index in [9.17, 15) is 0 Å². The van der Waals surface area contributed by atoms with Crippen molar-refractivity contribution in [3.05, 3.63) is 18.3 Å². The molecule has 2 nitrogen and oxygen atoms in total. The molecule has 0 amide bonds. The van der Waals surface area contributed by atoms with E-state index in [4.69, 9.17) is 0 Å². The first-order chi connectivity index (χ1) is 6.38. The number of pyridine rings is 1. The van der Waals surface area contributed by atoms with Crippen LogP contribution in [0.25, 0.3) is 0 Å². The minimum Gasteiger partial charge on any atom is -0.366 e. The first kappa shape index (κ1) is 9.21. The second kappa shape index (κ2) is 4.24. The molecule has 13 heavy (non-hydrogen) atoms. The number of nitrogens with one attached hydrogen (secondary N) is 1. The van der Waals surface area contributed by atoms with E-state index < -0.39 is 0 Å². The molecule has 4 heteroatoms.